The predicted octanol–water partition coefficient (Wildman–Crippen LogP) is 3.58. The third kappa shape index (κ3) is 3.54. The van der Waals surface area contributed by atoms with Gasteiger partial charge in [0.05, 0.1) is 12.7 Å². The summed E-state index contributed by atoms with van der Waals surface area (Å²) in [6, 6.07) is 2.49. The van der Waals surface area contributed by atoms with Crippen molar-refractivity contribution in [3.8, 4) is 5.75 Å². The summed E-state index contributed by atoms with van der Waals surface area (Å²) in [6.45, 7) is -2.97. The second kappa shape index (κ2) is 6.16. The SMILES string of the molecule is COC(=O)c1cc(OC(F)F)cc(CCl)c1Br. The Morgan fingerprint density at radius 1 is 1.53 bits per heavy atom. The normalized spacial score (nSPS) is 10.5. The van der Waals surface area contributed by atoms with Crippen LogP contribution in [0, 0.1) is 0 Å². The molecule has 0 amide bonds. The van der Waals surface area contributed by atoms with Crippen molar-refractivity contribution >= 4 is 33.5 Å². The molecule has 1 aromatic carbocycles. The van der Waals surface area contributed by atoms with Gasteiger partial charge in [-0.15, -0.1) is 11.6 Å². The van der Waals surface area contributed by atoms with E-state index in [4.69, 9.17) is 11.6 Å². The molecule has 0 aliphatic heterocycles. The van der Waals surface area contributed by atoms with Crippen molar-refractivity contribution in [2.24, 2.45) is 0 Å². The van der Waals surface area contributed by atoms with Crippen LogP contribution in [0.4, 0.5) is 8.78 Å². The zero-order valence-corrected chi connectivity index (χ0v) is 11.0. The maximum Gasteiger partial charge on any atom is 0.387 e. The summed E-state index contributed by atoms with van der Waals surface area (Å²) in [6.07, 6.45) is 0. The molecule has 0 aromatic heterocycles. The topological polar surface area (TPSA) is 35.5 Å². The minimum absolute atomic E-state index is 0.0466. The average Bonchev–Trinajstić information content (AvgIpc) is 2.29. The van der Waals surface area contributed by atoms with E-state index in [2.05, 4.69) is 25.4 Å². The van der Waals surface area contributed by atoms with Gasteiger partial charge in [0, 0.05) is 10.4 Å². The molecule has 0 radical (unpaired) electrons. The minimum atomic E-state index is -2.97. The minimum Gasteiger partial charge on any atom is -0.465 e. The molecule has 0 heterocycles. The standard InChI is InChI=1S/C10H8BrClF2O3/c1-16-9(15)7-3-6(17-10(13)14)2-5(4-12)8(7)11/h2-3,10H,4H2,1H3. The molecule has 0 saturated heterocycles. The van der Waals surface area contributed by atoms with Gasteiger partial charge in [-0.05, 0) is 33.6 Å². The van der Waals surface area contributed by atoms with Gasteiger partial charge in [0.2, 0.25) is 0 Å². The van der Waals surface area contributed by atoms with Gasteiger partial charge in [0.1, 0.15) is 5.75 Å². The first kappa shape index (κ1) is 14.2. The smallest absolute Gasteiger partial charge is 0.387 e. The third-order valence-corrected chi connectivity index (χ3v) is 3.12. The zero-order valence-electron chi connectivity index (χ0n) is 8.68. The van der Waals surface area contributed by atoms with E-state index >= 15 is 0 Å². The zero-order chi connectivity index (χ0) is 13.0. The molecule has 0 spiro atoms. The number of hydrogen-bond acceptors (Lipinski definition) is 3. The highest BCUT2D eigenvalue weighted by Gasteiger charge is 2.17. The Labute approximate surface area is 110 Å². The predicted molar refractivity (Wildman–Crippen MR) is 61.7 cm³/mol. The molecule has 3 nitrogen and oxygen atoms in total. The third-order valence-electron chi connectivity index (χ3n) is 1.90. The molecule has 0 bridgehead atoms. The van der Waals surface area contributed by atoms with Crippen LogP contribution in [0.25, 0.3) is 0 Å². The highest BCUT2D eigenvalue weighted by atomic mass is 79.9. The molecule has 0 saturated carbocycles. The second-order valence-electron chi connectivity index (χ2n) is 2.95. The lowest BCUT2D eigenvalue weighted by Gasteiger charge is -2.11. The van der Waals surface area contributed by atoms with Crippen LogP contribution < -0.4 is 4.74 Å². The van der Waals surface area contributed by atoms with Crippen molar-refractivity contribution in [2.45, 2.75) is 12.5 Å². The van der Waals surface area contributed by atoms with Crippen molar-refractivity contribution < 1.29 is 23.0 Å². The first-order valence-electron chi connectivity index (χ1n) is 4.41. The number of halogens is 4. The fraction of sp³-hybridized carbons (Fsp3) is 0.300. The van der Waals surface area contributed by atoms with E-state index in [0.717, 1.165) is 6.07 Å². The van der Waals surface area contributed by atoms with Crippen LogP contribution in [0.1, 0.15) is 15.9 Å². The Kier molecular flexibility index (Phi) is 5.14. The van der Waals surface area contributed by atoms with Crippen LogP contribution >= 0.6 is 27.5 Å². The van der Waals surface area contributed by atoms with Crippen molar-refractivity contribution in [3.05, 3.63) is 27.7 Å². The van der Waals surface area contributed by atoms with Gasteiger partial charge in [-0.25, -0.2) is 4.79 Å². The van der Waals surface area contributed by atoms with E-state index in [9.17, 15) is 13.6 Å². The number of esters is 1. The summed E-state index contributed by atoms with van der Waals surface area (Å²) in [5, 5.41) is 0. The van der Waals surface area contributed by atoms with Gasteiger partial charge in [0.25, 0.3) is 0 Å². The lowest BCUT2D eigenvalue weighted by atomic mass is 10.1. The number of benzene rings is 1. The van der Waals surface area contributed by atoms with Gasteiger partial charge >= 0.3 is 12.6 Å². The fourth-order valence-electron chi connectivity index (χ4n) is 1.18. The monoisotopic (exact) mass is 328 g/mol. The summed E-state index contributed by atoms with van der Waals surface area (Å²) in [5.74, 6) is -0.757. The number of hydrogen-bond donors (Lipinski definition) is 0. The molecule has 17 heavy (non-hydrogen) atoms. The maximum atomic E-state index is 12.1. The van der Waals surface area contributed by atoms with Crippen LogP contribution in [-0.4, -0.2) is 19.7 Å². The quantitative estimate of drug-likeness (QED) is 0.626. The molecular formula is C10H8BrClF2O3. The van der Waals surface area contributed by atoms with E-state index in [0.29, 0.717) is 10.0 Å². The Balaban J connectivity index is 3.23. The Morgan fingerprint density at radius 3 is 2.65 bits per heavy atom. The molecule has 0 N–H and O–H groups in total. The number of rotatable bonds is 4. The van der Waals surface area contributed by atoms with Crippen LogP contribution in [-0.2, 0) is 10.6 Å². The van der Waals surface area contributed by atoms with Crippen molar-refractivity contribution in [1.82, 2.24) is 0 Å². The number of carbonyl (C=O) groups excluding carboxylic acids is 1. The van der Waals surface area contributed by atoms with E-state index < -0.39 is 12.6 Å². The molecule has 0 atom stereocenters. The first-order chi connectivity index (χ1) is 7.99. The van der Waals surface area contributed by atoms with Crippen LogP contribution in [0.15, 0.2) is 16.6 Å². The molecule has 0 aliphatic rings. The van der Waals surface area contributed by atoms with Crippen molar-refractivity contribution in [1.29, 1.82) is 0 Å². The lowest BCUT2D eigenvalue weighted by Crippen LogP contribution is -2.07. The summed E-state index contributed by atoms with van der Waals surface area (Å²) < 4.78 is 33.3. The fourth-order valence-corrected chi connectivity index (χ4v) is 2.09. The van der Waals surface area contributed by atoms with Crippen LogP contribution in [0.2, 0.25) is 0 Å². The summed E-state index contributed by atoms with van der Waals surface area (Å²) in [5.41, 5.74) is 0.548. The van der Waals surface area contributed by atoms with Crippen molar-refractivity contribution in [2.75, 3.05) is 7.11 Å². The second-order valence-corrected chi connectivity index (χ2v) is 4.01. The Morgan fingerprint density at radius 2 is 2.18 bits per heavy atom. The molecule has 7 heteroatoms. The van der Waals surface area contributed by atoms with Gasteiger partial charge in [0.15, 0.2) is 0 Å². The maximum absolute atomic E-state index is 12.1. The van der Waals surface area contributed by atoms with E-state index in [1.807, 2.05) is 0 Å². The molecule has 0 fully saturated rings. The highest BCUT2D eigenvalue weighted by Crippen LogP contribution is 2.30. The number of methoxy groups -OCH3 is 1. The van der Waals surface area contributed by atoms with E-state index in [-0.39, 0.29) is 17.2 Å². The Hall–Kier alpha value is -0.880. The van der Waals surface area contributed by atoms with Crippen LogP contribution in [0.5, 0.6) is 5.75 Å². The summed E-state index contributed by atoms with van der Waals surface area (Å²) in [4.78, 5) is 11.4. The number of carbonyl (C=O) groups is 1. The number of ether oxygens (including phenoxy) is 2. The summed E-state index contributed by atoms with van der Waals surface area (Å²) in [7, 11) is 1.19. The van der Waals surface area contributed by atoms with Crippen molar-refractivity contribution in [3.63, 3.8) is 0 Å². The van der Waals surface area contributed by atoms with Gasteiger partial charge in [-0.3, -0.25) is 0 Å². The molecule has 94 valence electrons. The van der Waals surface area contributed by atoms with Gasteiger partial charge in [-0.1, -0.05) is 0 Å². The van der Waals surface area contributed by atoms with Gasteiger partial charge in [-0.2, -0.15) is 8.78 Å². The van der Waals surface area contributed by atoms with E-state index in [1.165, 1.54) is 13.2 Å². The average molecular weight is 330 g/mol. The number of alkyl halides is 3. The van der Waals surface area contributed by atoms with Gasteiger partial charge < -0.3 is 9.47 Å². The lowest BCUT2D eigenvalue weighted by molar-refractivity contribution is -0.0499. The molecule has 0 aliphatic carbocycles. The molecule has 1 aromatic rings. The highest BCUT2D eigenvalue weighted by molar-refractivity contribution is 9.10. The van der Waals surface area contributed by atoms with E-state index in [1.54, 1.807) is 0 Å². The largest absolute Gasteiger partial charge is 0.465 e. The molecule has 0 unspecified atom stereocenters. The first-order valence-corrected chi connectivity index (χ1v) is 5.73. The molecule has 1 rings (SSSR count). The summed E-state index contributed by atoms with van der Waals surface area (Å²) >= 11 is 8.79. The Bertz CT molecular complexity index is 426. The molecular weight excluding hydrogens is 321 g/mol. The van der Waals surface area contributed by atoms with Crippen LogP contribution in [0.3, 0.4) is 0 Å².